The van der Waals surface area contributed by atoms with Gasteiger partial charge in [0, 0.05) is 11.6 Å². The van der Waals surface area contributed by atoms with Gasteiger partial charge in [0.15, 0.2) is 6.61 Å². The molecule has 2 aromatic rings. The number of benzene rings is 1. The van der Waals surface area contributed by atoms with E-state index in [9.17, 15) is 4.79 Å². The lowest BCUT2D eigenvalue weighted by Gasteiger charge is -2.08. The molecule has 20 heavy (non-hydrogen) atoms. The normalized spacial score (nSPS) is 10.6. The standard InChI is InChI=1S/C14H14Cl2N2O2/c1-2-7-18-14(12(16)8-17-18)13(19)9-20-11-5-3-10(15)4-6-11/h3-6,8H,2,7,9H2,1H3. The monoisotopic (exact) mass is 312 g/mol. The fourth-order valence-corrected chi connectivity index (χ4v) is 2.14. The first kappa shape index (κ1) is 14.9. The summed E-state index contributed by atoms with van der Waals surface area (Å²) in [4.78, 5) is 12.2. The Morgan fingerprint density at radius 1 is 1.30 bits per heavy atom. The number of ether oxygens (including phenoxy) is 1. The number of aryl methyl sites for hydroxylation is 1. The van der Waals surface area contributed by atoms with Gasteiger partial charge in [0.1, 0.15) is 11.4 Å². The van der Waals surface area contributed by atoms with Crippen LogP contribution in [-0.4, -0.2) is 22.2 Å². The predicted molar refractivity (Wildman–Crippen MR) is 78.8 cm³/mol. The Bertz CT molecular complexity index is 594. The molecule has 0 spiro atoms. The molecule has 6 heteroatoms. The van der Waals surface area contributed by atoms with Crippen molar-refractivity contribution < 1.29 is 9.53 Å². The molecule has 0 saturated heterocycles. The van der Waals surface area contributed by atoms with Crippen LogP contribution in [0.5, 0.6) is 5.75 Å². The largest absolute Gasteiger partial charge is 0.485 e. The third-order valence-electron chi connectivity index (χ3n) is 2.68. The Labute approximate surface area is 127 Å². The van der Waals surface area contributed by atoms with Crippen molar-refractivity contribution in [1.82, 2.24) is 9.78 Å². The molecule has 0 bridgehead atoms. The van der Waals surface area contributed by atoms with E-state index < -0.39 is 0 Å². The summed E-state index contributed by atoms with van der Waals surface area (Å²) in [6.45, 7) is 2.57. The molecular weight excluding hydrogens is 299 g/mol. The number of rotatable bonds is 6. The van der Waals surface area contributed by atoms with Crippen molar-refractivity contribution >= 4 is 29.0 Å². The second-order valence-corrected chi connectivity index (χ2v) is 5.07. The van der Waals surface area contributed by atoms with Crippen LogP contribution in [0.25, 0.3) is 0 Å². The van der Waals surface area contributed by atoms with Crippen LogP contribution in [0, 0.1) is 0 Å². The van der Waals surface area contributed by atoms with E-state index in [1.165, 1.54) is 6.20 Å². The van der Waals surface area contributed by atoms with Crippen LogP contribution in [0.15, 0.2) is 30.5 Å². The number of carbonyl (C=O) groups is 1. The molecule has 1 aromatic carbocycles. The summed E-state index contributed by atoms with van der Waals surface area (Å²) in [5.74, 6) is 0.385. The fourth-order valence-electron chi connectivity index (χ4n) is 1.77. The van der Waals surface area contributed by atoms with Gasteiger partial charge in [-0.15, -0.1) is 0 Å². The average molecular weight is 313 g/mol. The fraction of sp³-hybridized carbons (Fsp3) is 0.286. The van der Waals surface area contributed by atoms with Crippen LogP contribution < -0.4 is 4.74 Å². The van der Waals surface area contributed by atoms with Crippen LogP contribution in [0.4, 0.5) is 0 Å². The van der Waals surface area contributed by atoms with Crippen LogP contribution in [-0.2, 0) is 6.54 Å². The Hall–Kier alpha value is -1.52. The van der Waals surface area contributed by atoms with Gasteiger partial charge in [-0.25, -0.2) is 0 Å². The van der Waals surface area contributed by atoms with Gasteiger partial charge in [0.05, 0.1) is 11.2 Å². The number of aromatic nitrogens is 2. The van der Waals surface area contributed by atoms with Gasteiger partial charge in [-0.3, -0.25) is 9.48 Å². The molecule has 106 valence electrons. The summed E-state index contributed by atoms with van der Waals surface area (Å²) in [5.41, 5.74) is 0.391. The van der Waals surface area contributed by atoms with Crippen molar-refractivity contribution in [1.29, 1.82) is 0 Å². The number of halogens is 2. The summed E-state index contributed by atoms with van der Waals surface area (Å²) < 4.78 is 7.03. The van der Waals surface area contributed by atoms with Crippen molar-refractivity contribution in [3.63, 3.8) is 0 Å². The van der Waals surface area contributed by atoms with Gasteiger partial charge >= 0.3 is 0 Å². The first-order chi connectivity index (χ1) is 9.61. The van der Waals surface area contributed by atoms with Gasteiger partial charge in [0.2, 0.25) is 5.78 Å². The maximum Gasteiger partial charge on any atom is 0.219 e. The highest BCUT2D eigenvalue weighted by Crippen LogP contribution is 2.18. The lowest BCUT2D eigenvalue weighted by atomic mass is 10.3. The molecule has 4 nitrogen and oxygen atoms in total. The van der Waals surface area contributed by atoms with Crippen molar-refractivity contribution in [3.05, 3.63) is 46.2 Å². The van der Waals surface area contributed by atoms with Crippen molar-refractivity contribution in [2.45, 2.75) is 19.9 Å². The van der Waals surface area contributed by atoms with E-state index in [4.69, 9.17) is 27.9 Å². The minimum atomic E-state index is -0.198. The molecular formula is C14H14Cl2N2O2. The van der Waals surface area contributed by atoms with E-state index in [0.717, 1.165) is 6.42 Å². The third kappa shape index (κ3) is 3.52. The minimum absolute atomic E-state index is 0.0865. The average Bonchev–Trinajstić information content (AvgIpc) is 2.79. The zero-order valence-electron chi connectivity index (χ0n) is 11.0. The van der Waals surface area contributed by atoms with Crippen LogP contribution in [0.2, 0.25) is 10.0 Å². The van der Waals surface area contributed by atoms with Crippen LogP contribution >= 0.6 is 23.2 Å². The molecule has 1 heterocycles. The molecule has 0 atom stereocenters. The maximum absolute atomic E-state index is 12.2. The van der Waals surface area contributed by atoms with E-state index in [2.05, 4.69) is 5.10 Å². The zero-order chi connectivity index (χ0) is 14.5. The summed E-state index contributed by atoms with van der Waals surface area (Å²) in [5, 5.41) is 5.05. The van der Waals surface area contributed by atoms with Gasteiger partial charge in [-0.05, 0) is 30.7 Å². The zero-order valence-corrected chi connectivity index (χ0v) is 12.5. The molecule has 0 unspecified atom stereocenters. The van der Waals surface area contributed by atoms with E-state index in [1.807, 2.05) is 6.92 Å². The number of carbonyl (C=O) groups excluding carboxylic acids is 1. The molecule has 0 fully saturated rings. The van der Waals surface area contributed by atoms with Crippen LogP contribution in [0.3, 0.4) is 0 Å². The Morgan fingerprint density at radius 2 is 2.00 bits per heavy atom. The maximum atomic E-state index is 12.2. The van der Waals surface area contributed by atoms with Gasteiger partial charge in [-0.1, -0.05) is 30.1 Å². The summed E-state index contributed by atoms with van der Waals surface area (Å²) in [6, 6.07) is 6.83. The highest BCUT2D eigenvalue weighted by Gasteiger charge is 2.17. The summed E-state index contributed by atoms with van der Waals surface area (Å²) >= 11 is 11.8. The molecule has 0 radical (unpaired) electrons. The van der Waals surface area contributed by atoms with E-state index in [1.54, 1.807) is 28.9 Å². The van der Waals surface area contributed by atoms with E-state index >= 15 is 0 Å². The van der Waals surface area contributed by atoms with Crippen molar-refractivity contribution in [2.24, 2.45) is 0 Å². The van der Waals surface area contributed by atoms with Crippen molar-refractivity contribution in [3.8, 4) is 5.75 Å². The topological polar surface area (TPSA) is 44.1 Å². The molecule has 0 N–H and O–H groups in total. The molecule has 0 aliphatic carbocycles. The molecule has 2 rings (SSSR count). The molecule has 0 saturated carbocycles. The highest BCUT2D eigenvalue weighted by molar-refractivity contribution is 6.33. The number of nitrogens with zero attached hydrogens (tertiary/aromatic N) is 2. The number of hydrogen-bond donors (Lipinski definition) is 0. The van der Waals surface area contributed by atoms with Gasteiger partial charge in [-0.2, -0.15) is 5.10 Å². The predicted octanol–water partition coefficient (Wildman–Crippen LogP) is 3.86. The van der Waals surface area contributed by atoms with E-state index in [-0.39, 0.29) is 12.4 Å². The van der Waals surface area contributed by atoms with Gasteiger partial charge in [0.25, 0.3) is 0 Å². The molecule has 0 aliphatic heterocycles. The van der Waals surface area contributed by atoms with Crippen molar-refractivity contribution in [2.75, 3.05) is 6.61 Å². The number of Topliss-reactive ketones (excluding diaryl/α,β-unsaturated/α-hetero) is 1. The second kappa shape index (κ2) is 6.77. The quantitative estimate of drug-likeness (QED) is 0.761. The number of hydrogen-bond acceptors (Lipinski definition) is 3. The van der Waals surface area contributed by atoms with Crippen LogP contribution in [0.1, 0.15) is 23.8 Å². The first-order valence-electron chi connectivity index (χ1n) is 6.24. The summed E-state index contributed by atoms with van der Waals surface area (Å²) in [6.07, 6.45) is 2.35. The SMILES string of the molecule is CCCn1ncc(Cl)c1C(=O)COc1ccc(Cl)cc1. The Balaban J connectivity index is 2.05. The third-order valence-corrected chi connectivity index (χ3v) is 3.21. The minimum Gasteiger partial charge on any atom is -0.485 e. The lowest BCUT2D eigenvalue weighted by molar-refractivity contribution is 0.0910. The molecule has 1 aromatic heterocycles. The molecule has 0 aliphatic rings. The molecule has 0 amide bonds. The highest BCUT2D eigenvalue weighted by atomic mass is 35.5. The van der Waals surface area contributed by atoms with E-state index in [0.29, 0.717) is 28.0 Å². The smallest absolute Gasteiger partial charge is 0.219 e. The first-order valence-corrected chi connectivity index (χ1v) is 7.00. The van der Waals surface area contributed by atoms with Gasteiger partial charge < -0.3 is 4.74 Å². The summed E-state index contributed by atoms with van der Waals surface area (Å²) in [7, 11) is 0. The Kier molecular flexibility index (Phi) is 5.04. The lowest BCUT2D eigenvalue weighted by Crippen LogP contribution is -2.17. The second-order valence-electron chi connectivity index (χ2n) is 4.23. The number of ketones is 1. The Morgan fingerprint density at radius 3 is 2.65 bits per heavy atom.